The van der Waals surface area contributed by atoms with E-state index in [0.29, 0.717) is 12.1 Å². The average Bonchev–Trinajstić information content (AvgIpc) is 2.32. The molecule has 2 unspecified atom stereocenters. The highest BCUT2D eigenvalue weighted by atomic mass is 16.5. The van der Waals surface area contributed by atoms with E-state index in [1.54, 1.807) is 7.11 Å². The number of hydrogen-bond donors (Lipinski definition) is 1. The molecular formula is C14H32N2O. The largest absolute Gasteiger partial charge is 0.383 e. The summed E-state index contributed by atoms with van der Waals surface area (Å²) in [6, 6.07) is 1.13. The third-order valence-electron chi connectivity index (χ3n) is 3.21. The van der Waals surface area contributed by atoms with Crippen molar-refractivity contribution < 1.29 is 4.74 Å². The molecule has 0 saturated carbocycles. The van der Waals surface area contributed by atoms with Gasteiger partial charge in [0, 0.05) is 25.7 Å². The molecule has 0 aliphatic rings. The smallest absolute Gasteiger partial charge is 0.0615 e. The van der Waals surface area contributed by atoms with E-state index in [0.717, 1.165) is 26.2 Å². The lowest BCUT2D eigenvalue weighted by atomic mass is 10.1. The maximum Gasteiger partial charge on any atom is 0.0615 e. The minimum atomic E-state index is 0.507. The van der Waals surface area contributed by atoms with E-state index in [-0.39, 0.29) is 0 Å². The van der Waals surface area contributed by atoms with Gasteiger partial charge >= 0.3 is 0 Å². The number of hydrogen-bond acceptors (Lipinski definition) is 3. The van der Waals surface area contributed by atoms with Crippen molar-refractivity contribution in [1.82, 2.24) is 10.2 Å². The lowest BCUT2D eigenvalue weighted by molar-refractivity contribution is 0.0947. The highest BCUT2D eigenvalue weighted by Crippen LogP contribution is 2.05. The fourth-order valence-electron chi connectivity index (χ4n) is 2.21. The average molecular weight is 244 g/mol. The molecule has 0 fully saturated rings. The number of nitrogens with zero attached hydrogens (tertiary/aromatic N) is 1. The lowest BCUT2D eigenvalue weighted by Gasteiger charge is -2.31. The molecule has 2 atom stereocenters. The van der Waals surface area contributed by atoms with E-state index in [9.17, 15) is 0 Å². The Labute approximate surface area is 108 Å². The van der Waals surface area contributed by atoms with Crippen LogP contribution >= 0.6 is 0 Å². The van der Waals surface area contributed by atoms with Gasteiger partial charge < -0.3 is 10.1 Å². The van der Waals surface area contributed by atoms with Crippen molar-refractivity contribution in [3.05, 3.63) is 0 Å². The van der Waals surface area contributed by atoms with Gasteiger partial charge in [0.1, 0.15) is 0 Å². The molecule has 3 nitrogen and oxygen atoms in total. The first-order valence-electron chi connectivity index (χ1n) is 7.15. The van der Waals surface area contributed by atoms with Crippen LogP contribution in [0.15, 0.2) is 0 Å². The maximum atomic E-state index is 5.25. The van der Waals surface area contributed by atoms with Gasteiger partial charge in [-0.3, -0.25) is 4.90 Å². The van der Waals surface area contributed by atoms with Crippen LogP contribution in [0.4, 0.5) is 0 Å². The summed E-state index contributed by atoms with van der Waals surface area (Å²) in [4.78, 5) is 2.51. The molecule has 0 bridgehead atoms. The Kier molecular flexibility index (Phi) is 10.9. The molecule has 0 amide bonds. The van der Waals surface area contributed by atoms with Crippen LogP contribution in [-0.2, 0) is 4.74 Å². The van der Waals surface area contributed by atoms with E-state index in [1.807, 2.05) is 0 Å². The number of nitrogens with one attached hydrogen (secondary N) is 1. The van der Waals surface area contributed by atoms with Gasteiger partial charge in [-0.15, -0.1) is 0 Å². The fraction of sp³-hybridized carbons (Fsp3) is 1.00. The molecule has 0 radical (unpaired) electrons. The number of likely N-dealkylation sites (N-methyl/N-ethyl adjacent to an activating group) is 1. The van der Waals surface area contributed by atoms with E-state index >= 15 is 0 Å². The minimum Gasteiger partial charge on any atom is -0.383 e. The first-order chi connectivity index (χ1) is 8.19. The van der Waals surface area contributed by atoms with Gasteiger partial charge in [0.2, 0.25) is 0 Å². The first kappa shape index (κ1) is 16.9. The van der Waals surface area contributed by atoms with Gasteiger partial charge in [-0.2, -0.15) is 0 Å². The topological polar surface area (TPSA) is 24.5 Å². The molecule has 0 heterocycles. The maximum absolute atomic E-state index is 5.25. The Morgan fingerprint density at radius 1 is 1.18 bits per heavy atom. The predicted octanol–water partition coefficient (Wildman–Crippen LogP) is 2.51. The Bertz CT molecular complexity index is 164. The van der Waals surface area contributed by atoms with Crippen LogP contribution in [-0.4, -0.2) is 50.3 Å². The van der Waals surface area contributed by atoms with Gasteiger partial charge in [0.05, 0.1) is 6.61 Å². The van der Waals surface area contributed by atoms with Crippen molar-refractivity contribution in [2.75, 3.05) is 33.4 Å². The van der Waals surface area contributed by atoms with Gasteiger partial charge in [-0.25, -0.2) is 0 Å². The highest BCUT2D eigenvalue weighted by molar-refractivity contribution is 4.75. The zero-order valence-electron chi connectivity index (χ0n) is 12.5. The molecule has 0 aromatic carbocycles. The second-order valence-corrected chi connectivity index (χ2v) is 4.83. The predicted molar refractivity (Wildman–Crippen MR) is 75.6 cm³/mol. The summed E-state index contributed by atoms with van der Waals surface area (Å²) < 4.78 is 5.25. The molecule has 104 valence electrons. The van der Waals surface area contributed by atoms with Crippen LogP contribution in [0.25, 0.3) is 0 Å². The van der Waals surface area contributed by atoms with Gasteiger partial charge in [0.25, 0.3) is 0 Å². The van der Waals surface area contributed by atoms with Crippen molar-refractivity contribution in [2.24, 2.45) is 0 Å². The minimum absolute atomic E-state index is 0.507. The SMILES string of the molecule is CCCNC(CCC)CN(CC)C(C)COC. The number of rotatable bonds is 11. The lowest BCUT2D eigenvalue weighted by Crippen LogP contribution is -2.46. The van der Waals surface area contributed by atoms with E-state index < -0.39 is 0 Å². The summed E-state index contributed by atoms with van der Waals surface area (Å²) in [5, 5.41) is 3.65. The second kappa shape index (κ2) is 11.0. The number of ether oxygens (including phenoxy) is 1. The zero-order valence-corrected chi connectivity index (χ0v) is 12.5. The Balaban J connectivity index is 4.15. The summed E-state index contributed by atoms with van der Waals surface area (Å²) in [7, 11) is 1.78. The summed E-state index contributed by atoms with van der Waals surface area (Å²) in [6.07, 6.45) is 3.72. The Morgan fingerprint density at radius 3 is 2.35 bits per heavy atom. The molecule has 0 spiro atoms. The third kappa shape index (κ3) is 7.74. The van der Waals surface area contributed by atoms with E-state index in [1.165, 1.54) is 19.3 Å². The second-order valence-electron chi connectivity index (χ2n) is 4.83. The monoisotopic (exact) mass is 244 g/mol. The summed E-state index contributed by atoms with van der Waals surface area (Å²) >= 11 is 0. The Morgan fingerprint density at radius 2 is 1.88 bits per heavy atom. The van der Waals surface area contributed by atoms with Crippen LogP contribution in [0.2, 0.25) is 0 Å². The summed E-state index contributed by atoms with van der Waals surface area (Å²) in [5.74, 6) is 0. The van der Waals surface area contributed by atoms with E-state index in [4.69, 9.17) is 4.74 Å². The molecule has 17 heavy (non-hydrogen) atoms. The zero-order chi connectivity index (χ0) is 13.1. The van der Waals surface area contributed by atoms with Crippen molar-refractivity contribution in [2.45, 2.75) is 59.0 Å². The molecule has 3 heteroatoms. The van der Waals surface area contributed by atoms with Gasteiger partial charge in [-0.05, 0) is 32.9 Å². The molecular weight excluding hydrogens is 212 g/mol. The molecule has 1 N–H and O–H groups in total. The van der Waals surface area contributed by atoms with Crippen LogP contribution < -0.4 is 5.32 Å². The van der Waals surface area contributed by atoms with Crippen molar-refractivity contribution in [1.29, 1.82) is 0 Å². The normalized spacial score (nSPS) is 15.2. The standard InChI is InChI=1S/C14H32N2O/c1-6-9-14(15-10-7-2)11-16(8-3)13(4)12-17-5/h13-15H,6-12H2,1-5H3. The molecule has 0 aliphatic carbocycles. The van der Waals surface area contributed by atoms with Crippen molar-refractivity contribution >= 4 is 0 Å². The van der Waals surface area contributed by atoms with E-state index in [2.05, 4.69) is 37.9 Å². The highest BCUT2D eigenvalue weighted by Gasteiger charge is 2.16. The molecule has 0 aromatic heterocycles. The first-order valence-corrected chi connectivity index (χ1v) is 7.15. The molecule has 0 rings (SSSR count). The van der Waals surface area contributed by atoms with Crippen LogP contribution in [0.5, 0.6) is 0 Å². The van der Waals surface area contributed by atoms with Crippen LogP contribution in [0, 0.1) is 0 Å². The van der Waals surface area contributed by atoms with Gasteiger partial charge in [-0.1, -0.05) is 27.2 Å². The van der Waals surface area contributed by atoms with Gasteiger partial charge in [0.15, 0.2) is 0 Å². The molecule has 0 aromatic rings. The van der Waals surface area contributed by atoms with Crippen LogP contribution in [0.3, 0.4) is 0 Å². The Hall–Kier alpha value is -0.120. The summed E-state index contributed by atoms with van der Waals surface area (Å²) in [6.45, 7) is 13.1. The van der Waals surface area contributed by atoms with Crippen molar-refractivity contribution in [3.63, 3.8) is 0 Å². The summed E-state index contributed by atoms with van der Waals surface area (Å²) in [5.41, 5.74) is 0. The van der Waals surface area contributed by atoms with Crippen LogP contribution in [0.1, 0.15) is 47.0 Å². The quantitative estimate of drug-likeness (QED) is 0.604. The third-order valence-corrected chi connectivity index (χ3v) is 3.21. The molecule has 0 aliphatic heterocycles. The molecule has 0 saturated heterocycles. The van der Waals surface area contributed by atoms with Crippen molar-refractivity contribution in [3.8, 4) is 0 Å². The fourth-order valence-corrected chi connectivity index (χ4v) is 2.21. The number of methoxy groups -OCH3 is 1.